The lowest BCUT2D eigenvalue weighted by molar-refractivity contribution is 0.0698. The van der Waals surface area contributed by atoms with Gasteiger partial charge in [-0.2, -0.15) is 0 Å². The molecule has 1 fully saturated rings. The number of hydrogen-bond donors (Lipinski definition) is 2. The Morgan fingerprint density at radius 3 is 3.04 bits per heavy atom. The molecule has 1 saturated heterocycles. The molecule has 0 bridgehead atoms. The number of methoxy groups -OCH3 is 1. The van der Waals surface area contributed by atoms with E-state index in [0.29, 0.717) is 18.0 Å². The van der Waals surface area contributed by atoms with Crippen molar-refractivity contribution in [3.05, 3.63) is 29.6 Å². The van der Waals surface area contributed by atoms with Crippen molar-refractivity contribution in [2.45, 2.75) is 19.8 Å². The molecule has 1 aliphatic rings. The minimum Gasteiger partial charge on any atom is -0.494 e. The van der Waals surface area contributed by atoms with Gasteiger partial charge in [0.2, 0.25) is 0 Å². The minimum absolute atomic E-state index is 0.00830. The van der Waals surface area contributed by atoms with Gasteiger partial charge in [-0.05, 0) is 43.5 Å². The Balaban J connectivity index is 1.74. The molecule has 0 radical (unpaired) electrons. The third-order valence-corrected chi connectivity index (χ3v) is 4.78. The van der Waals surface area contributed by atoms with E-state index in [4.69, 9.17) is 9.26 Å². The van der Waals surface area contributed by atoms with Gasteiger partial charge in [0.25, 0.3) is 0 Å². The second kappa shape index (κ2) is 8.39. The lowest BCUT2D eigenvalue weighted by atomic mass is 10.0. The van der Waals surface area contributed by atoms with Gasteiger partial charge in [-0.1, -0.05) is 12.1 Å². The number of aromatic nitrogens is 1. The molecule has 0 saturated carbocycles. The number of hydrogen-bond acceptors (Lipinski definition) is 6. The molecule has 1 unspecified atom stereocenters. The van der Waals surface area contributed by atoms with Gasteiger partial charge in [0, 0.05) is 25.2 Å². The maximum absolute atomic E-state index is 13.6. The Morgan fingerprint density at radius 1 is 1.52 bits per heavy atom. The average Bonchev–Trinajstić information content (AvgIpc) is 3.06. The van der Waals surface area contributed by atoms with Crippen molar-refractivity contribution in [3.63, 3.8) is 0 Å². The number of piperidine rings is 1. The van der Waals surface area contributed by atoms with Crippen molar-refractivity contribution in [1.82, 2.24) is 10.1 Å². The second-order valence-electron chi connectivity index (χ2n) is 6.86. The molecule has 8 heteroatoms. The van der Waals surface area contributed by atoms with Crippen molar-refractivity contribution >= 4 is 11.8 Å². The fourth-order valence-corrected chi connectivity index (χ4v) is 3.43. The quantitative estimate of drug-likeness (QED) is 0.765. The van der Waals surface area contributed by atoms with E-state index in [0.717, 1.165) is 19.6 Å². The molecule has 0 aliphatic carbocycles. The molecule has 2 heterocycles. The highest BCUT2D eigenvalue weighted by molar-refractivity contribution is 5.99. The summed E-state index contributed by atoms with van der Waals surface area (Å²) in [5.74, 6) is -0.773. The highest BCUT2D eigenvalue weighted by atomic mass is 19.1. The fraction of sp³-hybridized carbons (Fsp3) is 0.474. The summed E-state index contributed by atoms with van der Waals surface area (Å²) >= 11 is 0. The third kappa shape index (κ3) is 4.39. The predicted molar refractivity (Wildman–Crippen MR) is 98.7 cm³/mol. The SMILES string of the molecule is COc1cc(-c2onc(NCCN3CCCC(C)C3)c2C(=O)O)ccc1F. The van der Waals surface area contributed by atoms with Crippen molar-refractivity contribution in [1.29, 1.82) is 0 Å². The first-order valence-corrected chi connectivity index (χ1v) is 9.02. The van der Waals surface area contributed by atoms with Gasteiger partial charge in [-0.25, -0.2) is 9.18 Å². The number of rotatable bonds is 7. The van der Waals surface area contributed by atoms with Gasteiger partial charge in [0.15, 0.2) is 28.7 Å². The van der Waals surface area contributed by atoms with E-state index < -0.39 is 11.8 Å². The molecule has 2 N–H and O–H groups in total. The highest BCUT2D eigenvalue weighted by Crippen LogP contribution is 2.32. The molecule has 1 aromatic carbocycles. The number of benzene rings is 1. The zero-order chi connectivity index (χ0) is 19.4. The Morgan fingerprint density at radius 2 is 2.33 bits per heavy atom. The van der Waals surface area contributed by atoms with Crippen LogP contribution < -0.4 is 10.1 Å². The van der Waals surface area contributed by atoms with E-state index >= 15 is 0 Å². The van der Waals surface area contributed by atoms with Crippen LogP contribution in [0.4, 0.5) is 10.2 Å². The van der Waals surface area contributed by atoms with Crippen LogP contribution in [0, 0.1) is 11.7 Å². The molecule has 1 atom stereocenters. The topological polar surface area (TPSA) is 87.8 Å². The van der Waals surface area contributed by atoms with Gasteiger partial charge in [0.1, 0.15) is 0 Å². The summed E-state index contributed by atoms with van der Waals surface area (Å²) in [5.41, 5.74) is 0.312. The zero-order valence-electron chi connectivity index (χ0n) is 15.5. The van der Waals surface area contributed by atoms with Crippen LogP contribution in [0.1, 0.15) is 30.1 Å². The number of nitrogens with zero attached hydrogens (tertiary/aromatic N) is 2. The predicted octanol–water partition coefficient (Wildman–Crippen LogP) is 3.33. The number of halogens is 1. The summed E-state index contributed by atoms with van der Waals surface area (Å²) < 4.78 is 23.8. The number of ether oxygens (including phenoxy) is 1. The summed E-state index contributed by atoms with van der Waals surface area (Å²) in [6.07, 6.45) is 2.43. The number of carbonyl (C=O) groups is 1. The normalized spacial score (nSPS) is 17.7. The van der Waals surface area contributed by atoms with Crippen LogP contribution >= 0.6 is 0 Å². The van der Waals surface area contributed by atoms with E-state index in [1.54, 1.807) is 0 Å². The summed E-state index contributed by atoms with van der Waals surface area (Å²) in [4.78, 5) is 14.1. The van der Waals surface area contributed by atoms with Crippen LogP contribution in [-0.4, -0.2) is 54.4 Å². The summed E-state index contributed by atoms with van der Waals surface area (Å²) in [6.45, 7) is 5.70. The molecule has 2 aromatic rings. The molecule has 1 aliphatic heterocycles. The molecule has 0 spiro atoms. The van der Waals surface area contributed by atoms with Gasteiger partial charge in [-0.15, -0.1) is 0 Å². The van der Waals surface area contributed by atoms with Crippen molar-refractivity contribution in [3.8, 4) is 17.1 Å². The van der Waals surface area contributed by atoms with Gasteiger partial charge in [0.05, 0.1) is 7.11 Å². The van der Waals surface area contributed by atoms with Gasteiger partial charge in [-0.3, -0.25) is 0 Å². The van der Waals surface area contributed by atoms with Crippen LogP contribution in [0.5, 0.6) is 5.75 Å². The van der Waals surface area contributed by atoms with Crippen LogP contribution in [-0.2, 0) is 0 Å². The zero-order valence-corrected chi connectivity index (χ0v) is 15.5. The Labute approximate surface area is 157 Å². The van der Waals surface area contributed by atoms with Crippen molar-refractivity contribution in [2.75, 3.05) is 38.6 Å². The second-order valence-corrected chi connectivity index (χ2v) is 6.86. The standard InChI is InChI=1S/C19H24FN3O4/c1-12-4-3-8-23(11-12)9-7-21-18-16(19(24)25)17(27-22-18)13-5-6-14(20)15(10-13)26-2/h5-6,10,12H,3-4,7-9,11H2,1-2H3,(H,21,22)(H,24,25). The van der Waals surface area contributed by atoms with E-state index in [1.807, 2.05) is 0 Å². The Kier molecular flexibility index (Phi) is 5.95. The molecule has 7 nitrogen and oxygen atoms in total. The molecular formula is C19H24FN3O4. The first kappa shape index (κ1) is 19.2. The molecule has 0 amide bonds. The number of anilines is 1. The first-order valence-electron chi connectivity index (χ1n) is 9.02. The van der Waals surface area contributed by atoms with E-state index in [-0.39, 0.29) is 22.9 Å². The molecular weight excluding hydrogens is 353 g/mol. The number of carboxylic acid groups (broad SMARTS) is 1. The monoisotopic (exact) mass is 377 g/mol. The van der Waals surface area contributed by atoms with Crippen LogP contribution in [0.3, 0.4) is 0 Å². The molecule has 1 aromatic heterocycles. The molecule has 146 valence electrons. The fourth-order valence-electron chi connectivity index (χ4n) is 3.43. The smallest absolute Gasteiger partial charge is 0.343 e. The molecule has 27 heavy (non-hydrogen) atoms. The van der Waals surface area contributed by atoms with E-state index in [1.165, 1.54) is 38.2 Å². The molecule has 3 rings (SSSR count). The van der Waals surface area contributed by atoms with Crippen LogP contribution in [0.2, 0.25) is 0 Å². The van der Waals surface area contributed by atoms with E-state index in [9.17, 15) is 14.3 Å². The van der Waals surface area contributed by atoms with Gasteiger partial charge >= 0.3 is 5.97 Å². The maximum atomic E-state index is 13.6. The summed E-state index contributed by atoms with van der Waals surface area (Å²) in [7, 11) is 1.34. The summed E-state index contributed by atoms with van der Waals surface area (Å²) in [5, 5.41) is 16.5. The minimum atomic E-state index is -1.16. The number of nitrogens with one attached hydrogen (secondary N) is 1. The van der Waals surface area contributed by atoms with Crippen molar-refractivity contribution in [2.24, 2.45) is 5.92 Å². The highest BCUT2D eigenvalue weighted by Gasteiger charge is 2.25. The summed E-state index contributed by atoms with van der Waals surface area (Å²) in [6, 6.07) is 4.03. The lowest BCUT2D eigenvalue weighted by Crippen LogP contribution is -2.37. The Hall–Kier alpha value is -2.61. The maximum Gasteiger partial charge on any atom is 0.343 e. The van der Waals surface area contributed by atoms with E-state index in [2.05, 4.69) is 22.3 Å². The Bertz CT molecular complexity index is 808. The number of carboxylic acids is 1. The third-order valence-electron chi connectivity index (χ3n) is 4.78. The largest absolute Gasteiger partial charge is 0.494 e. The first-order chi connectivity index (χ1) is 13.0. The number of likely N-dealkylation sites (tertiary alicyclic amines) is 1. The lowest BCUT2D eigenvalue weighted by Gasteiger charge is -2.30. The van der Waals surface area contributed by atoms with Crippen molar-refractivity contribution < 1.29 is 23.6 Å². The van der Waals surface area contributed by atoms with Crippen LogP contribution in [0.25, 0.3) is 11.3 Å². The number of aromatic carboxylic acids is 1. The van der Waals surface area contributed by atoms with Crippen LogP contribution in [0.15, 0.2) is 22.7 Å². The average molecular weight is 377 g/mol. The van der Waals surface area contributed by atoms with Gasteiger partial charge < -0.3 is 24.6 Å².